The largest absolute Gasteiger partial charge is 0.481 e. The summed E-state index contributed by atoms with van der Waals surface area (Å²) in [4.78, 5) is 10.3. The number of carbonyl (C=O) groups is 1. The fourth-order valence-corrected chi connectivity index (χ4v) is 1.16. The van der Waals surface area contributed by atoms with E-state index in [9.17, 15) is 13.6 Å². The van der Waals surface area contributed by atoms with E-state index in [0.29, 0.717) is 0 Å². The molecule has 1 aromatic rings. The minimum atomic E-state index is -1.19. The molecule has 3 nitrogen and oxygen atoms in total. The summed E-state index contributed by atoms with van der Waals surface area (Å²) in [7, 11) is 0. The molecule has 1 atom stereocenters. The van der Waals surface area contributed by atoms with Crippen molar-refractivity contribution in [3.05, 3.63) is 35.4 Å². The van der Waals surface area contributed by atoms with Crippen molar-refractivity contribution in [2.75, 3.05) is 0 Å². The first-order valence-electron chi connectivity index (χ1n) is 3.93. The van der Waals surface area contributed by atoms with Gasteiger partial charge in [0.2, 0.25) is 0 Å². The van der Waals surface area contributed by atoms with Crippen molar-refractivity contribution >= 4 is 18.4 Å². The highest BCUT2D eigenvalue weighted by atomic mass is 35.5. The maximum Gasteiger partial charge on any atom is 0.305 e. The van der Waals surface area contributed by atoms with Crippen LogP contribution in [-0.2, 0) is 4.79 Å². The molecule has 0 saturated carbocycles. The molecular formula is C9H10ClF2NO2. The molecule has 0 unspecified atom stereocenters. The van der Waals surface area contributed by atoms with Crippen LogP contribution in [0.3, 0.4) is 0 Å². The van der Waals surface area contributed by atoms with Crippen molar-refractivity contribution in [1.29, 1.82) is 0 Å². The average molecular weight is 238 g/mol. The third-order valence-electron chi connectivity index (χ3n) is 1.77. The van der Waals surface area contributed by atoms with Gasteiger partial charge in [-0.1, -0.05) is 6.07 Å². The second-order valence-electron chi connectivity index (χ2n) is 2.84. The van der Waals surface area contributed by atoms with Crippen molar-refractivity contribution in [2.45, 2.75) is 12.5 Å². The third-order valence-corrected chi connectivity index (χ3v) is 1.77. The van der Waals surface area contributed by atoms with Crippen LogP contribution in [0.5, 0.6) is 0 Å². The van der Waals surface area contributed by atoms with Crippen molar-refractivity contribution in [1.82, 2.24) is 0 Å². The summed E-state index contributed by atoms with van der Waals surface area (Å²) >= 11 is 0. The van der Waals surface area contributed by atoms with Crippen molar-refractivity contribution in [3.8, 4) is 0 Å². The molecule has 0 aliphatic rings. The van der Waals surface area contributed by atoms with E-state index in [4.69, 9.17) is 10.8 Å². The number of hydrogen-bond acceptors (Lipinski definition) is 2. The lowest BCUT2D eigenvalue weighted by atomic mass is 10.0. The molecule has 0 spiro atoms. The molecule has 0 aliphatic heterocycles. The minimum absolute atomic E-state index is 0. The third kappa shape index (κ3) is 3.45. The maximum absolute atomic E-state index is 13.0. The first-order chi connectivity index (χ1) is 6.52. The van der Waals surface area contributed by atoms with Crippen LogP contribution < -0.4 is 5.73 Å². The predicted octanol–water partition coefficient (Wildman–Crippen LogP) is 1.86. The molecule has 0 saturated heterocycles. The number of aliphatic carboxylic acids is 1. The summed E-state index contributed by atoms with van der Waals surface area (Å²) < 4.78 is 26.1. The lowest BCUT2D eigenvalue weighted by molar-refractivity contribution is -0.137. The Morgan fingerprint density at radius 1 is 1.40 bits per heavy atom. The number of halogens is 3. The Kier molecular flexibility index (Phi) is 5.18. The standard InChI is InChI=1S/C9H9F2NO2.ClH/c10-5-2-1-3-6(11)9(5)7(12)4-8(13)14;/h1-3,7H,4,12H2,(H,13,14);1H/t7-;/m1./s1. The summed E-state index contributed by atoms with van der Waals surface area (Å²) in [6, 6.07) is 2.12. The molecule has 0 amide bonds. The fourth-order valence-electron chi connectivity index (χ4n) is 1.16. The summed E-state index contributed by atoms with van der Waals surface area (Å²) in [5, 5.41) is 8.40. The Balaban J connectivity index is 0.00000196. The summed E-state index contributed by atoms with van der Waals surface area (Å²) in [5.74, 6) is -2.84. The Morgan fingerprint density at radius 3 is 2.27 bits per heavy atom. The molecule has 0 aliphatic carbocycles. The van der Waals surface area contributed by atoms with Gasteiger partial charge in [-0.05, 0) is 12.1 Å². The van der Waals surface area contributed by atoms with Crippen molar-refractivity contribution < 1.29 is 18.7 Å². The zero-order valence-electron chi connectivity index (χ0n) is 7.61. The molecule has 0 aromatic heterocycles. The zero-order valence-corrected chi connectivity index (χ0v) is 8.43. The average Bonchev–Trinajstić information content (AvgIpc) is 2.01. The quantitative estimate of drug-likeness (QED) is 0.844. The van der Waals surface area contributed by atoms with Crippen molar-refractivity contribution in [3.63, 3.8) is 0 Å². The molecule has 3 N–H and O–H groups in total. The van der Waals surface area contributed by atoms with E-state index in [2.05, 4.69) is 0 Å². The SMILES string of the molecule is Cl.N[C@H](CC(=O)O)c1c(F)cccc1F. The van der Waals surface area contributed by atoms with Gasteiger partial charge < -0.3 is 10.8 Å². The van der Waals surface area contributed by atoms with Gasteiger partial charge in [0.05, 0.1) is 6.42 Å². The van der Waals surface area contributed by atoms with Gasteiger partial charge in [0.25, 0.3) is 0 Å². The molecule has 1 rings (SSSR count). The Labute approximate surface area is 91.3 Å². The normalized spacial score (nSPS) is 11.7. The van der Waals surface area contributed by atoms with E-state index in [1.807, 2.05) is 0 Å². The van der Waals surface area contributed by atoms with E-state index < -0.39 is 30.1 Å². The van der Waals surface area contributed by atoms with E-state index >= 15 is 0 Å². The molecule has 15 heavy (non-hydrogen) atoms. The maximum atomic E-state index is 13.0. The lowest BCUT2D eigenvalue weighted by Crippen LogP contribution is -2.17. The van der Waals surface area contributed by atoms with Crippen LogP contribution in [0.2, 0.25) is 0 Å². The molecule has 84 valence electrons. The smallest absolute Gasteiger partial charge is 0.305 e. The van der Waals surface area contributed by atoms with Crippen LogP contribution in [-0.4, -0.2) is 11.1 Å². The number of benzene rings is 1. The second-order valence-corrected chi connectivity index (χ2v) is 2.84. The van der Waals surface area contributed by atoms with Gasteiger partial charge in [-0.15, -0.1) is 12.4 Å². The van der Waals surface area contributed by atoms with Crippen LogP contribution >= 0.6 is 12.4 Å². The van der Waals surface area contributed by atoms with Gasteiger partial charge in [-0.25, -0.2) is 8.78 Å². The summed E-state index contributed by atoms with van der Waals surface area (Å²) in [5.41, 5.74) is 4.96. The monoisotopic (exact) mass is 237 g/mol. The van der Waals surface area contributed by atoms with Crippen LogP contribution in [0.4, 0.5) is 8.78 Å². The zero-order chi connectivity index (χ0) is 10.7. The molecular weight excluding hydrogens is 228 g/mol. The first kappa shape index (κ1) is 13.8. The highest BCUT2D eigenvalue weighted by Crippen LogP contribution is 2.20. The van der Waals surface area contributed by atoms with Crippen molar-refractivity contribution in [2.24, 2.45) is 5.73 Å². The van der Waals surface area contributed by atoms with E-state index in [1.165, 1.54) is 6.07 Å². The van der Waals surface area contributed by atoms with Gasteiger partial charge in [0, 0.05) is 11.6 Å². The van der Waals surface area contributed by atoms with E-state index in [1.54, 1.807) is 0 Å². The molecule has 0 fully saturated rings. The first-order valence-corrected chi connectivity index (χ1v) is 3.93. The Hall–Kier alpha value is -1.20. The summed E-state index contributed by atoms with van der Waals surface area (Å²) in [6.45, 7) is 0. The number of rotatable bonds is 3. The molecule has 1 aromatic carbocycles. The van der Waals surface area contributed by atoms with Gasteiger partial charge >= 0.3 is 5.97 Å². The van der Waals surface area contributed by atoms with Crippen LogP contribution in [0.25, 0.3) is 0 Å². The number of hydrogen-bond donors (Lipinski definition) is 2. The Bertz CT molecular complexity index is 340. The molecule has 0 bridgehead atoms. The fraction of sp³-hybridized carbons (Fsp3) is 0.222. The highest BCUT2D eigenvalue weighted by Gasteiger charge is 2.18. The van der Waals surface area contributed by atoms with Gasteiger partial charge in [0.15, 0.2) is 0 Å². The second kappa shape index (κ2) is 5.63. The molecule has 0 radical (unpaired) electrons. The van der Waals surface area contributed by atoms with Crippen LogP contribution in [0.1, 0.15) is 18.0 Å². The van der Waals surface area contributed by atoms with Gasteiger partial charge in [-0.2, -0.15) is 0 Å². The van der Waals surface area contributed by atoms with Gasteiger partial charge in [0.1, 0.15) is 11.6 Å². The van der Waals surface area contributed by atoms with Gasteiger partial charge in [-0.3, -0.25) is 4.79 Å². The number of nitrogens with two attached hydrogens (primary N) is 1. The molecule has 6 heteroatoms. The predicted molar refractivity (Wildman–Crippen MR) is 52.8 cm³/mol. The minimum Gasteiger partial charge on any atom is -0.481 e. The molecule has 0 heterocycles. The Morgan fingerprint density at radius 2 is 1.87 bits per heavy atom. The lowest BCUT2D eigenvalue weighted by Gasteiger charge is -2.10. The summed E-state index contributed by atoms with van der Waals surface area (Å²) in [6.07, 6.45) is -0.502. The van der Waals surface area contributed by atoms with Crippen LogP contribution in [0.15, 0.2) is 18.2 Å². The topological polar surface area (TPSA) is 63.3 Å². The van der Waals surface area contributed by atoms with E-state index in [-0.39, 0.29) is 18.0 Å². The number of carboxylic acid groups (broad SMARTS) is 1. The van der Waals surface area contributed by atoms with Crippen LogP contribution in [0, 0.1) is 11.6 Å². The highest BCUT2D eigenvalue weighted by molar-refractivity contribution is 5.85. The van der Waals surface area contributed by atoms with E-state index in [0.717, 1.165) is 12.1 Å². The number of carboxylic acids is 1.